The molecular formula is C75H66FN21O7. The lowest BCUT2D eigenvalue weighted by atomic mass is 10.1. The van der Waals surface area contributed by atoms with E-state index in [0.29, 0.717) is 92.7 Å². The number of anilines is 6. The Labute approximate surface area is 591 Å². The summed E-state index contributed by atoms with van der Waals surface area (Å²) < 4.78 is 44.6. The van der Waals surface area contributed by atoms with E-state index in [1.54, 1.807) is 75.0 Å². The highest BCUT2D eigenvalue weighted by Crippen LogP contribution is 2.35. The van der Waals surface area contributed by atoms with Gasteiger partial charge in [-0.05, 0) is 141 Å². The van der Waals surface area contributed by atoms with Gasteiger partial charge in [0, 0.05) is 99.1 Å². The molecule has 2 atom stereocenters. The van der Waals surface area contributed by atoms with Crippen LogP contribution < -0.4 is 40.8 Å². The van der Waals surface area contributed by atoms with E-state index in [-0.39, 0.29) is 74.1 Å². The summed E-state index contributed by atoms with van der Waals surface area (Å²) in [4.78, 5) is 56.8. The Balaban J connectivity index is 0.589. The van der Waals surface area contributed by atoms with Crippen molar-refractivity contribution < 1.29 is 37.7 Å². The molecule has 3 amide bonds. The van der Waals surface area contributed by atoms with Crippen LogP contribution in [0.15, 0.2) is 195 Å². The molecule has 16 rings (SSSR count). The van der Waals surface area contributed by atoms with Gasteiger partial charge in [-0.15, -0.1) is 15.3 Å². The molecule has 0 aliphatic carbocycles. The van der Waals surface area contributed by atoms with Crippen LogP contribution in [0.1, 0.15) is 38.0 Å². The number of aromatic nitrogens is 15. The van der Waals surface area contributed by atoms with Gasteiger partial charge in [0.15, 0.2) is 60.6 Å². The lowest BCUT2D eigenvalue weighted by molar-refractivity contribution is -0.141. The number of rotatable bonds is 24. The number of aromatic amines is 3. The van der Waals surface area contributed by atoms with Crippen molar-refractivity contribution >= 4 is 90.6 Å². The fourth-order valence-corrected chi connectivity index (χ4v) is 12.5. The summed E-state index contributed by atoms with van der Waals surface area (Å²) in [5.41, 5.74) is 11.0. The predicted octanol–water partition coefficient (Wildman–Crippen LogP) is 11.3. The van der Waals surface area contributed by atoms with Gasteiger partial charge in [0.1, 0.15) is 39.9 Å². The monoisotopic (exact) mass is 1390 g/mol. The molecule has 10 heterocycles. The number of halogens is 1. The van der Waals surface area contributed by atoms with Crippen molar-refractivity contribution in [3.63, 3.8) is 0 Å². The summed E-state index contributed by atoms with van der Waals surface area (Å²) in [5, 5.41) is 53.7. The number of amides is 3. The molecule has 0 saturated carbocycles. The molecular weight excluding hydrogens is 1330 g/mol. The molecule has 6 aromatic carbocycles. The van der Waals surface area contributed by atoms with Crippen molar-refractivity contribution in [2.45, 2.75) is 45.4 Å². The fraction of sp³-hybridized carbons (Fsp3) is 0.173. The Kier molecular flexibility index (Phi) is 17.7. The standard InChI is InChI=1S/C75H66FN21O7/c1-43(2)81-66(98)40-102-57-10-4-7-47(29-57)71-87-74(83-54-15-13-46(14-16-54)53-35-77-78-36-53)64-32-52(38-97(64)93-71)65-39-94(23-24-101-65)68(100)42-104-59-12-6-8-48(31-59)70-86-73(84-55-17-19-61-50(27-55)33-79-89-61)63-26-45(37-96(63)92-70)25-44(3)82-67(99)41-103-58-11-5-9-49(30-58)72-88-75(69-60(76)21-22-95(69)91-72)85-56-18-20-62-51(28-56)34-80-90-62/h4-22,26-38,43-44,65H,23-25,39-42H2,1-3H3,(H,77,78)(H,79,89)(H,80,90)(H,81,98)(H,82,99)(H,83,87,93)(H,84,86,92)(H,85,88,91). The van der Waals surface area contributed by atoms with Gasteiger partial charge >= 0.3 is 0 Å². The van der Waals surface area contributed by atoms with Crippen LogP contribution in [-0.4, -0.2) is 149 Å². The number of benzene rings is 6. The molecule has 0 radical (unpaired) electrons. The maximum absolute atomic E-state index is 15.1. The lowest BCUT2D eigenvalue weighted by Crippen LogP contribution is -2.44. The topological polar surface area (TPSA) is 328 Å². The number of carbonyl (C=O) groups is 3. The fourth-order valence-electron chi connectivity index (χ4n) is 12.5. The van der Waals surface area contributed by atoms with E-state index in [4.69, 9.17) is 44.1 Å². The summed E-state index contributed by atoms with van der Waals surface area (Å²) in [5.74, 6) is 2.39. The van der Waals surface area contributed by atoms with E-state index < -0.39 is 11.9 Å². The highest BCUT2D eigenvalue weighted by Gasteiger charge is 2.29. The predicted molar refractivity (Wildman–Crippen MR) is 388 cm³/mol. The maximum Gasteiger partial charge on any atom is 0.260 e. The first kappa shape index (κ1) is 65.1. The highest BCUT2D eigenvalue weighted by atomic mass is 19.1. The molecule has 1 saturated heterocycles. The van der Waals surface area contributed by atoms with E-state index in [9.17, 15) is 14.4 Å². The quantitative estimate of drug-likeness (QED) is 0.0279. The first-order chi connectivity index (χ1) is 50.8. The minimum Gasteiger partial charge on any atom is -0.484 e. The lowest BCUT2D eigenvalue weighted by Gasteiger charge is -2.32. The van der Waals surface area contributed by atoms with Crippen molar-refractivity contribution in [3.05, 3.63) is 212 Å². The summed E-state index contributed by atoms with van der Waals surface area (Å²) in [6.07, 6.45) is 12.3. The van der Waals surface area contributed by atoms with Gasteiger partial charge < -0.3 is 50.4 Å². The van der Waals surface area contributed by atoms with Crippen LogP contribution in [0.25, 0.3) is 83.6 Å². The summed E-state index contributed by atoms with van der Waals surface area (Å²) in [7, 11) is 0. The van der Waals surface area contributed by atoms with E-state index in [2.05, 4.69) is 62.3 Å². The molecule has 9 aromatic heterocycles. The van der Waals surface area contributed by atoms with Crippen LogP contribution in [0.3, 0.4) is 0 Å². The van der Waals surface area contributed by atoms with Crippen LogP contribution in [-0.2, 0) is 25.5 Å². The van der Waals surface area contributed by atoms with Crippen LogP contribution in [0, 0.1) is 5.82 Å². The number of hydrogen-bond acceptors (Lipinski definition) is 19. The Morgan fingerprint density at radius 3 is 1.74 bits per heavy atom. The van der Waals surface area contributed by atoms with E-state index >= 15 is 4.39 Å². The average Bonchev–Trinajstić information content (AvgIpc) is 1.58. The average molecular weight is 1390 g/mol. The van der Waals surface area contributed by atoms with Crippen molar-refractivity contribution in [3.8, 4) is 62.5 Å². The Bertz CT molecular complexity index is 5690. The number of nitrogens with one attached hydrogen (secondary N) is 8. The van der Waals surface area contributed by atoms with E-state index in [1.807, 2.05) is 142 Å². The van der Waals surface area contributed by atoms with Crippen LogP contribution in [0.4, 0.5) is 38.9 Å². The first-order valence-corrected chi connectivity index (χ1v) is 33.6. The minimum absolute atomic E-state index is 0.0279. The molecule has 1 aliphatic heterocycles. The van der Waals surface area contributed by atoms with Crippen LogP contribution in [0.5, 0.6) is 17.2 Å². The largest absolute Gasteiger partial charge is 0.484 e. The third-order valence-electron chi connectivity index (χ3n) is 17.4. The molecule has 28 nitrogen and oxygen atoms in total. The van der Waals surface area contributed by atoms with E-state index in [0.717, 1.165) is 55.4 Å². The van der Waals surface area contributed by atoms with Crippen molar-refractivity contribution in [1.29, 1.82) is 0 Å². The second kappa shape index (κ2) is 28.2. The van der Waals surface area contributed by atoms with Gasteiger partial charge in [-0.3, -0.25) is 29.7 Å². The molecule has 2 unspecified atom stereocenters. The zero-order chi connectivity index (χ0) is 70.8. The number of fused-ring (bicyclic) bond motifs is 5. The normalized spacial score (nSPS) is 13.4. The molecule has 29 heteroatoms. The SMILES string of the molecule is CC(C)NC(=O)COc1cccc(-c2nc(Nc3ccc(-c4cn[nH]c4)cc3)c3cc(C4CN(C(=O)COc5cccc(-c6nc(Nc7ccc8[nH]ncc8c7)c7cc(CC(C)NC(=O)COc8cccc(-c9nc(Nc%10ccc%11[nH]ncc%11c%10)c%10c(F)ccn%10n9)c8)cn7n6)c5)CCO4)cn3n2)c1. The molecule has 1 fully saturated rings. The van der Waals surface area contributed by atoms with Crippen molar-refractivity contribution in [1.82, 2.24) is 89.9 Å². The molecule has 8 N–H and O–H groups in total. The number of ether oxygens (including phenoxy) is 4. The Hall–Kier alpha value is -13.6. The maximum atomic E-state index is 15.1. The van der Waals surface area contributed by atoms with Crippen molar-refractivity contribution in [2.75, 3.05) is 55.5 Å². The third kappa shape index (κ3) is 14.3. The number of hydrogen-bond donors (Lipinski definition) is 8. The van der Waals surface area contributed by atoms with Gasteiger partial charge in [0.2, 0.25) is 0 Å². The second-order valence-electron chi connectivity index (χ2n) is 25.4. The molecule has 104 heavy (non-hydrogen) atoms. The van der Waals surface area contributed by atoms with Gasteiger partial charge in [0.25, 0.3) is 17.7 Å². The zero-order valence-corrected chi connectivity index (χ0v) is 56.2. The second-order valence-corrected chi connectivity index (χ2v) is 25.4. The summed E-state index contributed by atoms with van der Waals surface area (Å²) in [6, 6.07) is 45.9. The molecule has 0 bridgehead atoms. The van der Waals surface area contributed by atoms with Gasteiger partial charge in [-0.2, -0.15) is 15.3 Å². The molecule has 15 aromatic rings. The number of H-pyrrole nitrogens is 3. The van der Waals surface area contributed by atoms with Gasteiger partial charge in [-0.25, -0.2) is 32.9 Å². The van der Waals surface area contributed by atoms with Gasteiger partial charge in [0.05, 0.1) is 42.8 Å². The van der Waals surface area contributed by atoms with Crippen LogP contribution >= 0.6 is 0 Å². The minimum atomic E-state index is -0.513. The third-order valence-corrected chi connectivity index (χ3v) is 17.4. The number of nitrogens with zero attached hydrogens (tertiary/aromatic N) is 13. The van der Waals surface area contributed by atoms with Crippen LogP contribution in [0.2, 0.25) is 0 Å². The summed E-state index contributed by atoms with van der Waals surface area (Å²) in [6.45, 7) is 5.89. The Morgan fingerprint density at radius 1 is 0.567 bits per heavy atom. The number of morpholine rings is 1. The van der Waals surface area contributed by atoms with Gasteiger partial charge in [-0.1, -0.05) is 48.5 Å². The molecule has 0 spiro atoms. The Morgan fingerprint density at radius 2 is 1.12 bits per heavy atom. The summed E-state index contributed by atoms with van der Waals surface area (Å²) >= 11 is 0. The first-order valence-electron chi connectivity index (χ1n) is 33.6. The zero-order valence-electron chi connectivity index (χ0n) is 56.2. The highest BCUT2D eigenvalue weighted by molar-refractivity contribution is 5.87. The molecule has 520 valence electrons. The molecule has 1 aliphatic rings. The smallest absolute Gasteiger partial charge is 0.260 e. The van der Waals surface area contributed by atoms with Crippen molar-refractivity contribution in [2.24, 2.45) is 0 Å². The van der Waals surface area contributed by atoms with E-state index in [1.165, 1.54) is 16.8 Å². The number of carbonyl (C=O) groups excluding carboxylic acids is 3.